The molecule has 3 aliphatic rings. The molecule has 0 saturated heterocycles. The van der Waals surface area contributed by atoms with Gasteiger partial charge in [0.2, 0.25) is 0 Å². The molecule has 3 aliphatic carbocycles. The zero-order valence-electron chi connectivity index (χ0n) is 9.11. The average Bonchev–Trinajstić information content (AvgIpc) is 2.87. The van der Waals surface area contributed by atoms with Gasteiger partial charge in [-0.2, -0.15) is 13.2 Å². The van der Waals surface area contributed by atoms with Crippen LogP contribution in [0.3, 0.4) is 0 Å². The summed E-state index contributed by atoms with van der Waals surface area (Å²) in [4.78, 5) is 10.8. The van der Waals surface area contributed by atoms with E-state index in [9.17, 15) is 18.0 Å². The first-order valence-electron chi connectivity index (χ1n) is 5.93. The van der Waals surface area contributed by atoms with Crippen LogP contribution in [-0.2, 0) is 9.53 Å². The summed E-state index contributed by atoms with van der Waals surface area (Å²) in [6.07, 6.45) is 1.35. The molecule has 0 aromatic heterocycles. The zero-order chi connectivity index (χ0) is 12.2. The van der Waals surface area contributed by atoms with Crippen LogP contribution in [0.25, 0.3) is 0 Å². The lowest BCUT2D eigenvalue weighted by molar-refractivity contribution is -0.205. The van der Waals surface area contributed by atoms with Gasteiger partial charge in [0.1, 0.15) is 6.10 Å². The van der Waals surface area contributed by atoms with Gasteiger partial charge in [-0.25, -0.2) is 4.79 Å². The summed E-state index contributed by atoms with van der Waals surface area (Å²) >= 11 is 0. The van der Waals surface area contributed by atoms with Gasteiger partial charge in [-0.3, -0.25) is 0 Å². The largest absolute Gasteiger partial charge is 0.490 e. The lowest BCUT2D eigenvalue weighted by Gasteiger charge is -2.28. The number of allylic oxidation sites excluding steroid dienone is 1. The second kappa shape index (κ2) is 3.50. The first-order chi connectivity index (χ1) is 7.97. The van der Waals surface area contributed by atoms with E-state index in [1.165, 1.54) is 0 Å². The van der Waals surface area contributed by atoms with Crippen molar-refractivity contribution in [1.82, 2.24) is 0 Å². The van der Waals surface area contributed by atoms with Gasteiger partial charge in [-0.15, -0.1) is 0 Å². The molecule has 2 bridgehead atoms. The van der Waals surface area contributed by atoms with Crippen LogP contribution in [0.2, 0.25) is 0 Å². The first kappa shape index (κ1) is 11.1. The van der Waals surface area contributed by atoms with Crippen LogP contribution in [0, 0.1) is 23.7 Å². The Hall–Kier alpha value is -1.00. The van der Waals surface area contributed by atoms with Gasteiger partial charge in [-0.1, -0.05) is 6.08 Å². The van der Waals surface area contributed by atoms with Gasteiger partial charge < -0.3 is 4.74 Å². The molecule has 2 nitrogen and oxygen atoms in total. The number of hydrogen-bond acceptors (Lipinski definition) is 2. The van der Waals surface area contributed by atoms with Gasteiger partial charge in [0.15, 0.2) is 0 Å². The number of ether oxygens (including phenoxy) is 1. The standard InChI is InChI=1S/C12H13F3O2/c13-12(14,15)11(16)17-9-4-3-8-6-1-2-7(5-6)10(8)9/h3-4,6-10H,1-2,5H2/t6?,7?,8?,9-,10?/m0/s1. The third-order valence-corrected chi connectivity index (χ3v) is 4.42. The van der Waals surface area contributed by atoms with Crippen LogP contribution in [0.1, 0.15) is 19.3 Å². The predicted molar refractivity (Wildman–Crippen MR) is 52.9 cm³/mol. The molecule has 0 aromatic rings. The Morgan fingerprint density at radius 2 is 1.88 bits per heavy atom. The minimum atomic E-state index is -4.89. The number of carbonyl (C=O) groups is 1. The van der Waals surface area contributed by atoms with Crippen molar-refractivity contribution in [1.29, 1.82) is 0 Å². The number of alkyl halides is 3. The van der Waals surface area contributed by atoms with Gasteiger partial charge in [0.05, 0.1) is 0 Å². The van der Waals surface area contributed by atoms with Crippen molar-refractivity contribution in [3.63, 3.8) is 0 Å². The molecule has 4 unspecified atom stereocenters. The van der Waals surface area contributed by atoms with Crippen LogP contribution < -0.4 is 0 Å². The number of hydrogen-bond donors (Lipinski definition) is 0. The molecule has 0 heterocycles. The summed E-state index contributed by atoms with van der Waals surface area (Å²) in [7, 11) is 0. The molecule has 5 heteroatoms. The van der Waals surface area contributed by atoms with Gasteiger partial charge >= 0.3 is 12.1 Å². The molecular weight excluding hydrogens is 233 g/mol. The maximum atomic E-state index is 12.1. The van der Waals surface area contributed by atoms with Crippen LogP contribution >= 0.6 is 0 Å². The normalized spacial score (nSPS) is 42.9. The summed E-state index contributed by atoms with van der Waals surface area (Å²) in [5, 5.41) is 0. The SMILES string of the molecule is O=C(O[C@H]1C=CC2C3CCC(C3)C21)C(F)(F)F. The second-order valence-electron chi connectivity index (χ2n) is 5.24. The zero-order valence-corrected chi connectivity index (χ0v) is 9.11. The van der Waals surface area contributed by atoms with E-state index in [4.69, 9.17) is 0 Å². The Kier molecular flexibility index (Phi) is 2.28. The highest BCUT2D eigenvalue weighted by atomic mass is 19.4. The monoisotopic (exact) mass is 246 g/mol. The maximum Gasteiger partial charge on any atom is 0.490 e. The predicted octanol–water partition coefficient (Wildman–Crippen LogP) is 2.69. The van der Waals surface area contributed by atoms with Crippen molar-refractivity contribution in [3.05, 3.63) is 12.2 Å². The summed E-state index contributed by atoms with van der Waals surface area (Å²) in [6, 6.07) is 0. The average molecular weight is 246 g/mol. The van der Waals surface area contributed by atoms with E-state index in [1.54, 1.807) is 6.08 Å². The van der Waals surface area contributed by atoms with E-state index in [-0.39, 0.29) is 5.92 Å². The van der Waals surface area contributed by atoms with E-state index in [2.05, 4.69) is 4.74 Å². The molecule has 94 valence electrons. The molecule has 0 amide bonds. The number of carbonyl (C=O) groups excluding carboxylic acids is 1. The Morgan fingerprint density at radius 3 is 2.59 bits per heavy atom. The number of rotatable bonds is 1. The number of esters is 1. The fourth-order valence-corrected chi connectivity index (χ4v) is 3.83. The van der Waals surface area contributed by atoms with Crippen LogP contribution in [0.5, 0.6) is 0 Å². The molecule has 5 atom stereocenters. The molecule has 0 aromatic carbocycles. The smallest absolute Gasteiger partial charge is 0.451 e. The number of fused-ring (bicyclic) bond motifs is 5. The topological polar surface area (TPSA) is 26.3 Å². The maximum absolute atomic E-state index is 12.1. The molecule has 17 heavy (non-hydrogen) atoms. The highest BCUT2D eigenvalue weighted by molar-refractivity contribution is 5.76. The molecule has 0 radical (unpaired) electrons. The Bertz CT molecular complexity index is 374. The minimum Gasteiger partial charge on any atom is -0.451 e. The molecule has 2 fully saturated rings. The van der Waals surface area contributed by atoms with E-state index < -0.39 is 18.2 Å². The Labute approximate surface area is 96.8 Å². The van der Waals surface area contributed by atoms with E-state index in [0.29, 0.717) is 17.8 Å². The Morgan fingerprint density at radius 1 is 1.18 bits per heavy atom. The van der Waals surface area contributed by atoms with E-state index in [0.717, 1.165) is 19.3 Å². The molecule has 0 N–H and O–H groups in total. The lowest BCUT2D eigenvalue weighted by atomic mass is 9.80. The van der Waals surface area contributed by atoms with Gasteiger partial charge in [0.25, 0.3) is 0 Å². The van der Waals surface area contributed by atoms with Crippen molar-refractivity contribution in [2.24, 2.45) is 23.7 Å². The van der Waals surface area contributed by atoms with Gasteiger partial charge in [-0.05, 0) is 43.1 Å². The fraction of sp³-hybridized carbons (Fsp3) is 0.750. The summed E-state index contributed by atoms with van der Waals surface area (Å²) in [5.41, 5.74) is 0. The molecular formula is C12H13F3O2. The second-order valence-corrected chi connectivity index (χ2v) is 5.24. The van der Waals surface area contributed by atoms with E-state index >= 15 is 0 Å². The van der Waals surface area contributed by atoms with E-state index in [1.807, 2.05) is 6.08 Å². The van der Waals surface area contributed by atoms with Crippen molar-refractivity contribution in [2.75, 3.05) is 0 Å². The Balaban J connectivity index is 1.70. The quantitative estimate of drug-likeness (QED) is 0.525. The first-order valence-corrected chi connectivity index (χ1v) is 5.93. The number of halogens is 3. The fourth-order valence-electron chi connectivity index (χ4n) is 3.83. The summed E-state index contributed by atoms with van der Waals surface area (Å²) in [6.45, 7) is 0. The van der Waals surface area contributed by atoms with Gasteiger partial charge in [0, 0.05) is 5.92 Å². The van der Waals surface area contributed by atoms with Crippen LogP contribution in [-0.4, -0.2) is 18.2 Å². The summed E-state index contributed by atoms with van der Waals surface area (Å²) in [5.74, 6) is -0.600. The lowest BCUT2D eigenvalue weighted by Crippen LogP contribution is -2.35. The molecule has 0 spiro atoms. The highest BCUT2D eigenvalue weighted by Gasteiger charge is 2.53. The van der Waals surface area contributed by atoms with Crippen molar-refractivity contribution in [3.8, 4) is 0 Å². The molecule has 3 rings (SSSR count). The molecule has 0 aliphatic heterocycles. The third kappa shape index (κ3) is 1.67. The van der Waals surface area contributed by atoms with Crippen LogP contribution in [0.15, 0.2) is 12.2 Å². The third-order valence-electron chi connectivity index (χ3n) is 4.42. The molecule has 2 saturated carbocycles. The van der Waals surface area contributed by atoms with Crippen molar-refractivity contribution in [2.45, 2.75) is 31.5 Å². The minimum absolute atomic E-state index is 0.0973. The summed E-state index contributed by atoms with van der Waals surface area (Å²) < 4.78 is 41.0. The highest BCUT2D eigenvalue weighted by Crippen LogP contribution is 2.57. The van der Waals surface area contributed by atoms with Crippen molar-refractivity contribution >= 4 is 5.97 Å². The van der Waals surface area contributed by atoms with Crippen LogP contribution in [0.4, 0.5) is 13.2 Å². The van der Waals surface area contributed by atoms with Crippen molar-refractivity contribution < 1.29 is 22.7 Å².